The Labute approximate surface area is 128 Å². The summed E-state index contributed by atoms with van der Waals surface area (Å²) in [6, 6.07) is 15.5. The van der Waals surface area contributed by atoms with Crippen molar-refractivity contribution >= 4 is 10.8 Å². The van der Waals surface area contributed by atoms with Gasteiger partial charge in [0.15, 0.2) is 0 Å². The molecule has 1 nitrogen and oxygen atoms in total. The van der Waals surface area contributed by atoms with Crippen molar-refractivity contribution in [2.24, 2.45) is 23.5 Å². The number of rotatable bonds is 3. The molecule has 1 atom stereocenters. The largest absolute Gasteiger partial charge is 0.324 e. The summed E-state index contributed by atoms with van der Waals surface area (Å²) in [5.74, 6) is 2.38. The Morgan fingerprint density at radius 1 is 0.857 bits per heavy atom. The fourth-order valence-corrected chi connectivity index (χ4v) is 3.86. The second kappa shape index (κ2) is 6.19. The molecule has 0 aromatic heterocycles. The minimum atomic E-state index is 0.197. The molecule has 0 bridgehead atoms. The zero-order valence-corrected chi connectivity index (χ0v) is 13.3. The highest BCUT2D eigenvalue weighted by atomic mass is 14.7. The van der Waals surface area contributed by atoms with Gasteiger partial charge in [0.05, 0.1) is 0 Å². The predicted octanol–water partition coefficient (Wildman–Crippen LogP) is 5.30. The van der Waals surface area contributed by atoms with Crippen LogP contribution in [0.15, 0.2) is 42.5 Å². The molecule has 3 rings (SSSR count). The van der Waals surface area contributed by atoms with Crippen LogP contribution in [0, 0.1) is 17.8 Å². The van der Waals surface area contributed by atoms with E-state index < -0.39 is 0 Å². The SMILES string of the molecule is CC(C)C1CCC(C(N)c2ccc3ccccc3c2)CC1. The zero-order valence-electron chi connectivity index (χ0n) is 13.3. The Morgan fingerprint density at radius 3 is 2.14 bits per heavy atom. The highest BCUT2D eigenvalue weighted by molar-refractivity contribution is 5.83. The first kappa shape index (κ1) is 14.6. The standard InChI is InChI=1S/C20H27N/c1-14(2)15-7-10-17(11-8-15)20(21)19-12-9-16-5-3-4-6-18(16)13-19/h3-6,9,12-15,17,20H,7-8,10-11,21H2,1-2H3. The van der Waals surface area contributed by atoms with E-state index in [2.05, 4.69) is 56.3 Å². The van der Waals surface area contributed by atoms with E-state index in [-0.39, 0.29) is 6.04 Å². The summed E-state index contributed by atoms with van der Waals surface area (Å²) < 4.78 is 0. The molecule has 0 heterocycles. The molecule has 1 unspecified atom stereocenters. The first-order chi connectivity index (χ1) is 10.1. The minimum Gasteiger partial charge on any atom is -0.324 e. The van der Waals surface area contributed by atoms with Gasteiger partial charge < -0.3 is 5.73 Å². The summed E-state index contributed by atoms with van der Waals surface area (Å²) in [5, 5.41) is 2.61. The van der Waals surface area contributed by atoms with E-state index in [1.54, 1.807) is 0 Å². The van der Waals surface area contributed by atoms with Crippen molar-refractivity contribution in [1.29, 1.82) is 0 Å². The molecule has 21 heavy (non-hydrogen) atoms. The van der Waals surface area contributed by atoms with Gasteiger partial charge in [0.1, 0.15) is 0 Å². The lowest BCUT2D eigenvalue weighted by Crippen LogP contribution is -2.27. The minimum absolute atomic E-state index is 0.197. The van der Waals surface area contributed by atoms with Crippen LogP contribution in [-0.2, 0) is 0 Å². The van der Waals surface area contributed by atoms with Crippen LogP contribution in [0.4, 0.5) is 0 Å². The first-order valence-corrected chi connectivity index (χ1v) is 8.39. The van der Waals surface area contributed by atoms with Gasteiger partial charge in [-0.25, -0.2) is 0 Å². The lowest BCUT2D eigenvalue weighted by molar-refractivity contribution is 0.204. The zero-order chi connectivity index (χ0) is 14.8. The molecule has 1 saturated carbocycles. The van der Waals surface area contributed by atoms with Gasteiger partial charge in [-0.15, -0.1) is 0 Å². The maximum Gasteiger partial charge on any atom is 0.0323 e. The van der Waals surface area contributed by atoms with E-state index in [9.17, 15) is 0 Å². The summed E-state index contributed by atoms with van der Waals surface area (Å²) >= 11 is 0. The van der Waals surface area contributed by atoms with Gasteiger partial charge in [0, 0.05) is 6.04 Å². The van der Waals surface area contributed by atoms with Gasteiger partial charge in [-0.1, -0.05) is 50.2 Å². The summed E-state index contributed by atoms with van der Waals surface area (Å²) in [6.07, 6.45) is 5.28. The van der Waals surface area contributed by atoms with Crippen LogP contribution >= 0.6 is 0 Å². The molecular weight excluding hydrogens is 254 g/mol. The molecule has 2 aromatic carbocycles. The highest BCUT2D eigenvalue weighted by Gasteiger charge is 2.27. The smallest absolute Gasteiger partial charge is 0.0323 e. The maximum atomic E-state index is 6.58. The molecule has 1 heteroatoms. The second-order valence-electron chi connectivity index (χ2n) is 7.05. The van der Waals surface area contributed by atoms with Crippen molar-refractivity contribution in [3.05, 3.63) is 48.0 Å². The van der Waals surface area contributed by atoms with Crippen molar-refractivity contribution in [3.63, 3.8) is 0 Å². The van der Waals surface area contributed by atoms with Crippen LogP contribution in [0.3, 0.4) is 0 Å². The Kier molecular flexibility index (Phi) is 4.30. The number of hydrogen-bond acceptors (Lipinski definition) is 1. The van der Waals surface area contributed by atoms with Gasteiger partial charge >= 0.3 is 0 Å². The van der Waals surface area contributed by atoms with Crippen LogP contribution in [0.25, 0.3) is 10.8 Å². The molecule has 2 N–H and O–H groups in total. The van der Waals surface area contributed by atoms with E-state index in [0.29, 0.717) is 5.92 Å². The Bertz CT molecular complexity index is 594. The monoisotopic (exact) mass is 281 g/mol. The quantitative estimate of drug-likeness (QED) is 0.811. The predicted molar refractivity (Wildman–Crippen MR) is 91.2 cm³/mol. The topological polar surface area (TPSA) is 26.0 Å². The van der Waals surface area contributed by atoms with Gasteiger partial charge in [0.2, 0.25) is 0 Å². The van der Waals surface area contributed by atoms with Gasteiger partial charge in [-0.2, -0.15) is 0 Å². The Balaban J connectivity index is 1.73. The van der Waals surface area contributed by atoms with Crippen molar-refractivity contribution in [3.8, 4) is 0 Å². The third-order valence-electron chi connectivity index (χ3n) is 5.43. The number of nitrogens with two attached hydrogens (primary N) is 1. The van der Waals surface area contributed by atoms with Crippen LogP contribution in [-0.4, -0.2) is 0 Å². The lowest BCUT2D eigenvalue weighted by Gasteiger charge is -2.34. The lowest BCUT2D eigenvalue weighted by atomic mass is 9.73. The third kappa shape index (κ3) is 3.13. The van der Waals surface area contributed by atoms with E-state index >= 15 is 0 Å². The van der Waals surface area contributed by atoms with Gasteiger partial charge in [0.25, 0.3) is 0 Å². The number of fused-ring (bicyclic) bond motifs is 1. The average molecular weight is 281 g/mol. The van der Waals surface area contributed by atoms with E-state index in [1.807, 2.05) is 0 Å². The number of hydrogen-bond donors (Lipinski definition) is 1. The summed E-state index contributed by atoms with van der Waals surface area (Å²) in [5.41, 5.74) is 7.89. The molecule has 0 spiro atoms. The van der Waals surface area contributed by atoms with Gasteiger partial charge in [-0.3, -0.25) is 0 Å². The third-order valence-corrected chi connectivity index (χ3v) is 5.43. The molecule has 1 aliphatic rings. The Hall–Kier alpha value is -1.34. The molecule has 112 valence electrons. The average Bonchev–Trinajstić information content (AvgIpc) is 2.54. The molecule has 1 fully saturated rings. The molecule has 0 saturated heterocycles. The van der Waals surface area contributed by atoms with Crippen molar-refractivity contribution in [1.82, 2.24) is 0 Å². The molecule has 2 aromatic rings. The first-order valence-electron chi connectivity index (χ1n) is 8.39. The van der Waals surface area contributed by atoms with Gasteiger partial charge in [-0.05, 0) is 65.8 Å². The fraction of sp³-hybridized carbons (Fsp3) is 0.500. The summed E-state index contributed by atoms with van der Waals surface area (Å²) in [6.45, 7) is 4.71. The van der Waals surface area contributed by atoms with Crippen molar-refractivity contribution in [2.75, 3.05) is 0 Å². The van der Waals surface area contributed by atoms with Crippen molar-refractivity contribution < 1.29 is 0 Å². The molecule has 0 radical (unpaired) electrons. The van der Waals surface area contributed by atoms with E-state index in [0.717, 1.165) is 11.8 Å². The molecule has 1 aliphatic carbocycles. The van der Waals surface area contributed by atoms with Crippen molar-refractivity contribution in [2.45, 2.75) is 45.6 Å². The second-order valence-corrected chi connectivity index (χ2v) is 7.05. The normalized spacial score (nSPS) is 24.4. The van der Waals surface area contributed by atoms with Crippen LogP contribution in [0.2, 0.25) is 0 Å². The molecule has 0 aliphatic heterocycles. The van der Waals surface area contributed by atoms with E-state index in [1.165, 1.54) is 42.0 Å². The maximum absolute atomic E-state index is 6.58. The molecule has 0 amide bonds. The number of benzene rings is 2. The summed E-state index contributed by atoms with van der Waals surface area (Å²) in [4.78, 5) is 0. The fourth-order valence-electron chi connectivity index (χ4n) is 3.86. The Morgan fingerprint density at radius 2 is 1.48 bits per heavy atom. The summed E-state index contributed by atoms with van der Waals surface area (Å²) in [7, 11) is 0. The van der Waals surface area contributed by atoms with E-state index in [4.69, 9.17) is 5.73 Å². The van der Waals surface area contributed by atoms with Crippen LogP contribution in [0.5, 0.6) is 0 Å². The van der Waals surface area contributed by atoms with Crippen LogP contribution in [0.1, 0.15) is 51.1 Å². The van der Waals surface area contributed by atoms with Crippen LogP contribution < -0.4 is 5.73 Å². The molecular formula is C20H27N. The highest BCUT2D eigenvalue weighted by Crippen LogP contribution is 2.38.